The summed E-state index contributed by atoms with van der Waals surface area (Å²) in [5.41, 5.74) is 0. The van der Waals surface area contributed by atoms with E-state index in [1.54, 1.807) is 0 Å². The van der Waals surface area contributed by atoms with Gasteiger partial charge in [-0.2, -0.15) is 0 Å². The summed E-state index contributed by atoms with van der Waals surface area (Å²) in [7, 11) is 0. The summed E-state index contributed by atoms with van der Waals surface area (Å²) in [6.45, 7) is 2.87. The molecule has 0 aliphatic carbocycles. The van der Waals surface area contributed by atoms with Crippen molar-refractivity contribution in [1.82, 2.24) is 0 Å². The SMILES string of the molecule is CC[O][AlH2]. The van der Waals surface area contributed by atoms with Crippen molar-refractivity contribution in [3.8, 4) is 0 Å². The maximum atomic E-state index is 4.68. The molecule has 2 heteroatoms. The van der Waals surface area contributed by atoms with Gasteiger partial charge in [-0.3, -0.25) is 0 Å². The van der Waals surface area contributed by atoms with E-state index in [0.29, 0.717) is 0 Å². The van der Waals surface area contributed by atoms with Crippen LogP contribution in [0.4, 0.5) is 0 Å². The van der Waals surface area contributed by atoms with Crippen molar-refractivity contribution in [3.63, 3.8) is 0 Å². The first-order chi connectivity index (χ1) is 1.91. The number of hydrogen-bond donors (Lipinski definition) is 0. The van der Waals surface area contributed by atoms with Crippen molar-refractivity contribution in [3.05, 3.63) is 0 Å². The van der Waals surface area contributed by atoms with Crippen LogP contribution >= 0.6 is 0 Å². The topological polar surface area (TPSA) is 9.23 Å². The second kappa shape index (κ2) is 3.49. The largest absolute Gasteiger partial charge is 0.506 e. The third-order valence-electron chi connectivity index (χ3n) is 0.289. The summed E-state index contributed by atoms with van der Waals surface area (Å²) in [4.78, 5) is 0. The van der Waals surface area contributed by atoms with Gasteiger partial charge in [-0.1, -0.05) is 0 Å². The summed E-state index contributed by atoms with van der Waals surface area (Å²) in [6, 6.07) is 0. The second-order valence-electron chi connectivity index (χ2n) is 0.577. The van der Waals surface area contributed by atoms with E-state index in [0.717, 1.165) is 23.2 Å². The van der Waals surface area contributed by atoms with Gasteiger partial charge in [0.25, 0.3) is 0 Å². The minimum absolute atomic E-state index is 0.881. The van der Waals surface area contributed by atoms with Crippen LogP contribution in [0.25, 0.3) is 0 Å². The third-order valence-corrected chi connectivity index (χ3v) is 0.866. The molecule has 0 rings (SSSR count). The van der Waals surface area contributed by atoms with Gasteiger partial charge in [-0.25, -0.2) is 0 Å². The summed E-state index contributed by atoms with van der Waals surface area (Å²) < 4.78 is 4.68. The first-order valence-electron chi connectivity index (χ1n) is 1.40. The molecule has 0 radical (unpaired) electrons. The summed E-state index contributed by atoms with van der Waals surface area (Å²) in [6.07, 6.45) is 0. The normalized spacial score (nSPS) is 7.25. The molecule has 1 nitrogen and oxygen atoms in total. The van der Waals surface area contributed by atoms with Crippen LogP contribution in [-0.2, 0) is 3.79 Å². The van der Waals surface area contributed by atoms with Gasteiger partial charge >= 0.3 is 16.6 Å². The number of hydrogen-bond acceptors (Lipinski definition) is 1. The van der Waals surface area contributed by atoms with E-state index in [2.05, 4.69) is 3.79 Å². The minimum atomic E-state index is 0.881. The Bertz CT molecular complexity index is 8.00. The van der Waals surface area contributed by atoms with Crippen LogP contribution in [0.1, 0.15) is 6.92 Å². The Labute approximate surface area is 34.7 Å². The Morgan fingerprint density at radius 3 is 2.25 bits per heavy atom. The van der Waals surface area contributed by atoms with Crippen LogP contribution in [0.2, 0.25) is 0 Å². The standard InChI is InChI=1S/C2H5O.Al.2H/c1-2-3;;;/h2H2,1H3;;;/q-1;+1;;. The summed E-state index contributed by atoms with van der Waals surface area (Å²) >= 11 is 0.890. The Morgan fingerprint density at radius 1 is 2.00 bits per heavy atom. The van der Waals surface area contributed by atoms with Crippen molar-refractivity contribution < 1.29 is 3.79 Å². The zero-order valence-electron chi connectivity index (χ0n) is 3.12. The van der Waals surface area contributed by atoms with E-state index in [1.807, 2.05) is 6.92 Å². The van der Waals surface area contributed by atoms with E-state index in [1.165, 1.54) is 0 Å². The molecule has 4 heavy (non-hydrogen) atoms. The molecule has 0 spiro atoms. The average molecular weight is 74.1 g/mol. The molecule has 0 saturated heterocycles. The lowest BCUT2D eigenvalue weighted by Crippen LogP contribution is -1.76. The van der Waals surface area contributed by atoms with Crippen molar-refractivity contribution in [2.75, 3.05) is 6.61 Å². The van der Waals surface area contributed by atoms with Gasteiger partial charge in [0, 0.05) is 6.61 Å². The maximum Gasteiger partial charge on any atom is 0.410 e. The smallest absolute Gasteiger partial charge is 0.410 e. The van der Waals surface area contributed by atoms with Gasteiger partial charge in [0.05, 0.1) is 0 Å². The molecule has 0 aliphatic rings. The molecule has 0 fully saturated rings. The minimum Gasteiger partial charge on any atom is -0.506 e. The fraction of sp³-hybridized carbons (Fsp3) is 1.00. The van der Waals surface area contributed by atoms with Crippen LogP contribution in [0.5, 0.6) is 0 Å². The first kappa shape index (κ1) is 4.49. The molecular formula is C2H7AlO. The van der Waals surface area contributed by atoms with Crippen molar-refractivity contribution >= 4 is 16.6 Å². The second-order valence-corrected chi connectivity index (χ2v) is 1.15. The molecule has 0 N–H and O–H groups in total. The first-order valence-corrected chi connectivity index (χ1v) is 2.22. The van der Waals surface area contributed by atoms with Gasteiger partial charge in [0.2, 0.25) is 0 Å². The lowest BCUT2D eigenvalue weighted by Gasteiger charge is -1.78. The van der Waals surface area contributed by atoms with Crippen LogP contribution in [0, 0.1) is 0 Å². The highest BCUT2D eigenvalue weighted by Crippen LogP contribution is 1.50. The van der Waals surface area contributed by atoms with Gasteiger partial charge in [0.1, 0.15) is 0 Å². The molecule has 0 bridgehead atoms. The number of rotatable bonds is 1. The molecule has 0 unspecified atom stereocenters. The van der Waals surface area contributed by atoms with Crippen LogP contribution in [-0.4, -0.2) is 23.2 Å². The molecule has 0 aliphatic heterocycles. The lowest BCUT2D eigenvalue weighted by molar-refractivity contribution is 0.375. The van der Waals surface area contributed by atoms with Crippen LogP contribution in [0.15, 0.2) is 0 Å². The predicted molar refractivity (Wildman–Crippen MR) is 20.2 cm³/mol. The molecule has 0 aromatic rings. The van der Waals surface area contributed by atoms with E-state index >= 15 is 0 Å². The van der Waals surface area contributed by atoms with Crippen molar-refractivity contribution in [2.24, 2.45) is 0 Å². The van der Waals surface area contributed by atoms with Gasteiger partial charge < -0.3 is 3.79 Å². The Balaban J connectivity index is 1.97. The zero-order valence-corrected chi connectivity index (χ0v) is 5.12. The van der Waals surface area contributed by atoms with E-state index in [9.17, 15) is 0 Å². The fourth-order valence-electron chi connectivity index (χ4n) is 0. The monoisotopic (exact) mass is 74.0 g/mol. The average Bonchev–Trinajstić information content (AvgIpc) is 1.37. The molecule has 24 valence electrons. The molecular weight excluding hydrogens is 67.0 g/mol. The van der Waals surface area contributed by atoms with E-state index in [-0.39, 0.29) is 0 Å². The van der Waals surface area contributed by atoms with Crippen LogP contribution in [0.3, 0.4) is 0 Å². The van der Waals surface area contributed by atoms with Gasteiger partial charge in [0.15, 0.2) is 0 Å². The zero-order chi connectivity index (χ0) is 3.41. The van der Waals surface area contributed by atoms with E-state index < -0.39 is 0 Å². The molecule has 0 heterocycles. The van der Waals surface area contributed by atoms with E-state index in [4.69, 9.17) is 0 Å². The predicted octanol–water partition coefficient (Wildman–Crippen LogP) is -0.429. The Kier molecular flexibility index (Phi) is 3.92. The third kappa shape index (κ3) is 2.49. The molecule has 0 amide bonds. The maximum absolute atomic E-state index is 4.68. The highest BCUT2D eigenvalue weighted by Gasteiger charge is 1.53. The van der Waals surface area contributed by atoms with Crippen LogP contribution < -0.4 is 0 Å². The molecule has 0 atom stereocenters. The van der Waals surface area contributed by atoms with Gasteiger partial charge in [-0.15, -0.1) is 0 Å². The molecule has 0 aromatic heterocycles. The fourth-order valence-corrected chi connectivity index (χ4v) is 0. The van der Waals surface area contributed by atoms with Crippen molar-refractivity contribution in [1.29, 1.82) is 0 Å². The Morgan fingerprint density at radius 2 is 2.25 bits per heavy atom. The highest BCUT2D eigenvalue weighted by molar-refractivity contribution is 5.97. The highest BCUT2D eigenvalue weighted by atomic mass is 27.1. The Hall–Kier alpha value is 0.492. The lowest BCUT2D eigenvalue weighted by atomic mass is 10.9. The van der Waals surface area contributed by atoms with Gasteiger partial charge in [-0.05, 0) is 6.92 Å². The molecule has 0 aromatic carbocycles. The van der Waals surface area contributed by atoms with Crippen molar-refractivity contribution in [2.45, 2.75) is 6.92 Å². The molecule has 0 saturated carbocycles. The summed E-state index contributed by atoms with van der Waals surface area (Å²) in [5.74, 6) is 0. The quantitative estimate of drug-likeness (QED) is 0.383. The summed E-state index contributed by atoms with van der Waals surface area (Å²) in [5, 5.41) is 0.